The molecule has 0 heterocycles. The summed E-state index contributed by atoms with van der Waals surface area (Å²) in [6.07, 6.45) is 41.1. The number of ether oxygens (including phenoxy) is 2. The highest BCUT2D eigenvalue weighted by Crippen LogP contribution is 2.38. The number of hydrogen-bond acceptors (Lipinski definition) is 8. The Balaban J connectivity index is 4.30. The number of hydrogen-bond donors (Lipinski definition) is 0. The molecule has 0 aliphatic carbocycles. The normalized spacial score (nSPS) is 12.3. The van der Waals surface area contributed by atoms with E-state index in [1.165, 1.54) is 128 Å². The molecule has 0 bridgehead atoms. The Morgan fingerprint density at radius 2 is 0.779 bits per heavy atom. The predicted octanol–water partition coefficient (Wildman–Crippen LogP) is 14.5. The van der Waals surface area contributed by atoms with Crippen molar-refractivity contribution < 1.29 is 42.1 Å². The molecule has 0 N–H and O–H groups in total. The number of rotatable bonds is 46. The molecule has 10 heteroatoms. The molecule has 2 unspecified atom stereocenters. The lowest BCUT2D eigenvalue weighted by Crippen LogP contribution is -2.37. The maximum absolute atomic E-state index is 12.8. The molecule has 0 aliphatic heterocycles. The Morgan fingerprint density at radius 3 is 1.13 bits per heavy atom. The zero-order valence-corrected chi connectivity index (χ0v) is 45.3. The standard InChI is InChI=1S/C58H100NO8P/c1-6-8-10-12-14-16-18-20-22-24-26-28-30-32-34-36-38-40-42-44-46-48-50-57(60)64-54-56(55-66-68(62,63)65-53-52-59(3,4)5)67-58(61)51-49-47-45-43-41-39-37-35-33-31-29-27-25-23-21-19-17-15-13-11-9-7-2/h56H,6-27,36-55H2,1-5H3. The van der Waals surface area contributed by atoms with Gasteiger partial charge >= 0.3 is 11.9 Å². The summed E-state index contributed by atoms with van der Waals surface area (Å²) in [6, 6.07) is 0. The van der Waals surface area contributed by atoms with E-state index in [0.717, 1.165) is 89.9 Å². The van der Waals surface area contributed by atoms with Crippen LogP contribution in [0.1, 0.15) is 258 Å². The van der Waals surface area contributed by atoms with Crippen LogP contribution >= 0.6 is 7.82 Å². The number of carbonyl (C=O) groups is 2. The first-order valence-electron chi connectivity index (χ1n) is 27.7. The van der Waals surface area contributed by atoms with Crippen molar-refractivity contribution in [3.63, 3.8) is 0 Å². The number of phosphoric acid groups is 1. The topological polar surface area (TPSA) is 111 Å². The van der Waals surface area contributed by atoms with Gasteiger partial charge in [0.1, 0.15) is 19.8 Å². The van der Waals surface area contributed by atoms with Gasteiger partial charge in [-0.3, -0.25) is 14.2 Å². The van der Waals surface area contributed by atoms with Crippen molar-refractivity contribution in [2.24, 2.45) is 0 Å². The van der Waals surface area contributed by atoms with Gasteiger partial charge in [0.05, 0.1) is 27.7 Å². The van der Waals surface area contributed by atoms with Crippen LogP contribution in [0.4, 0.5) is 0 Å². The minimum atomic E-state index is -4.66. The SMILES string of the molecule is CCCCCCCCCCCCC#CC#CCCCCCCCCC(=O)OCC(COP(=O)([O-])OCC[N+](C)(C)C)OC(=O)CCCCCCCCC#CC#CCCCCCCCCCCCC. The van der Waals surface area contributed by atoms with E-state index in [9.17, 15) is 19.0 Å². The maximum atomic E-state index is 12.8. The highest BCUT2D eigenvalue weighted by Gasteiger charge is 2.21. The van der Waals surface area contributed by atoms with E-state index in [0.29, 0.717) is 23.9 Å². The molecular weight excluding hydrogens is 870 g/mol. The van der Waals surface area contributed by atoms with E-state index in [4.69, 9.17) is 18.5 Å². The molecule has 0 amide bonds. The van der Waals surface area contributed by atoms with Gasteiger partial charge in [-0.25, -0.2) is 0 Å². The van der Waals surface area contributed by atoms with Crippen LogP contribution in [0.3, 0.4) is 0 Å². The summed E-state index contributed by atoms with van der Waals surface area (Å²) in [6.45, 7) is 4.15. The van der Waals surface area contributed by atoms with Crippen LogP contribution in [0.15, 0.2) is 0 Å². The van der Waals surface area contributed by atoms with Crippen LogP contribution in [0.2, 0.25) is 0 Å². The van der Waals surface area contributed by atoms with Crippen molar-refractivity contribution in [2.45, 2.75) is 264 Å². The Bertz CT molecular complexity index is 1510. The minimum absolute atomic E-state index is 0.0475. The van der Waals surface area contributed by atoms with Gasteiger partial charge in [-0.2, -0.15) is 0 Å². The molecule has 0 aromatic heterocycles. The van der Waals surface area contributed by atoms with Crippen LogP contribution in [0, 0.1) is 47.4 Å². The van der Waals surface area contributed by atoms with Gasteiger partial charge in [-0.1, -0.05) is 204 Å². The highest BCUT2D eigenvalue weighted by molar-refractivity contribution is 7.45. The lowest BCUT2D eigenvalue weighted by molar-refractivity contribution is -0.870. The van der Waals surface area contributed by atoms with Gasteiger partial charge in [0.25, 0.3) is 7.82 Å². The van der Waals surface area contributed by atoms with E-state index in [2.05, 4.69) is 61.2 Å². The summed E-state index contributed by atoms with van der Waals surface area (Å²) >= 11 is 0. The first-order chi connectivity index (χ1) is 33.0. The third kappa shape index (κ3) is 52.6. The van der Waals surface area contributed by atoms with Crippen LogP contribution in [-0.2, 0) is 32.7 Å². The molecule has 9 nitrogen and oxygen atoms in total. The Labute approximate surface area is 419 Å². The molecule has 0 rings (SSSR count). The van der Waals surface area contributed by atoms with Crippen molar-refractivity contribution in [1.82, 2.24) is 0 Å². The van der Waals surface area contributed by atoms with Gasteiger partial charge in [0.15, 0.2) is 6.10 Å². The van der Waals surface area contributed by atoms with Gasteiger partial charge in [-0.05, 0) is 62.2 Å². The fourth-order valence-corrected chi connectivity index (χ4v) is 8.19. The van der Waals surface area contributed by atoms with E-state index >= 15 is 0 Å². The maximum Gasteiger partial charge on any atom is 0.306 e. The number of quaternary nitrogens is 1. The summed E-state index contributed by atoms with van der Waals surface area (Å²) in [5, 5.41) is 0. The Hall–Kier alpha value is -2.75. The van der Waals surface area contributed by atoms with Crippen LogP contribution in [0.25, 0.3) is 0 Å². The summed E-state index contributed by atoms with van der Waals surface area (Å²) < 4.78 is 34.0. The zero-order chi connectivity index (χ0) is 49.9. The van der Waals surface area contributed by atoms with Gasteiger partial charge in [-0.15, -0.1) is 0 Å². The van der Waals surface area contributed by atoms with E-state index in [1.807, 2.05) is 21.1 Å². The van der Waals surface area contributed by atoms with Crippen LogP contribution < -0.4 is 4.89 Å². The first kappa shape index (κ1) is 65.2. The molecule has 0 saturated heterocycles. The fraction of sp³-hybridized carbons (Fsp3) is 0.828. The minimum Gasteiger partial charge on any atom is -0.756 e. The van der Waals surface area contributed by atoms with E-state index in [-0.39, 0.29) is 26.1 Å². The van der Waals surface area contributed by atoms with Gasteiger partial charge < -0.3 is 27.9 Å². The number of nitrogens with zero attached hydrogens (tertiary/aromatic N) is 1. The molecule has 2 atom stereocenters. The monoisotopic (exact) mass is 970 g/mol. The van der Waals surface area contributed by atoms with E-state index < -0.39 is 32.5 Å². The third-order valence-electron chi connectivity index (χ3n) is 11.8. The van der Waals surface area contributed by atoms with Crippen molar-refractivity contribution in [1.29, 1.82) is 0 Å². The number of carbonyl (C=O) groups excluding carboxylic acids is 2. The number of likely N-dealkylation sites (N-methyl/N-ethyl adjacent to an activating group) is 1. The Morgan fingerprint density at radius 1 is 0.456 bits per heavy atom. The smallest absolute Gasteiger partial charge is 0.306 e. The molecular formula is C58H100NO8P. The van der Waals surface area contributed by atoms with Gasteiger partial charge in [0, 0.05) is 38.5 Å². The van der Waals surface area contributed by atoms with Crippen molar-refractivity contribution in [3.8, 4) is 47.4 Å². The molecule has 0 fully saturated rings. The first-order valence-corrected chi connectivity index (χ1v) is 29.1. The highest BCUT2D eigenvalue weighted by atomic mass is 31.2. The lowest BCUT2D eigenvalue weighted by Gasteiger charge is -2.28. The molecule has 0 aromatic carbocycles. The zero-order valence-electron chi connectivity index (χ0n) is 44.4. The molecule has 390 valence electrons. The molecule has 68 heavy (non-hydrogen) atoms. The number of esters is 2. The van der Waals surface area contributed by atoms with Crippen LogP contribution in [-0.4, -0.2) is 70.0 Å². The molecule has 0 spiro atoms. The summed E-state index contributed by atoms with van der Waals surface area (Å²) in [5.74, 6) is 23.8. The van der Waals surface area contributed by atoms with Crippen LogP contribution in [0.5, 0.6) is 0 Å². The second-order valence-electron chi connectivity index (χ2n) is 19.7. The molecule has 0 radical (unpaired) electrons. The predicted molar refractivity (Wildman–Crippen MR) is 281 cm³/mol. The molecule has 0 aliphatic rings. The second kappa shape index (κ2) is 49.2. The van der Waals surface area contributed by atoms with Crippen molar-refractivity contribution in [2.75, 3.05) is 47.5 Å². The largest absolute Gasteiger partial charge is 0.756 e. The lowest BCUT2D eigenvalue weighted by atomic mass is 10.1. The fourth-order valence-electron chi connectivity index (χ4n) is 7.47. The molecule has 0 saturated carbocycles. The quantitative estimate of drug-likeness (QED) is 0.0195. The average Bonchev–Trinajstić information content (AvgIpc) is 3.30. The Kier molecular flexibility index (Phi) is 47.2. The van der Waals surface area contributed by atoms with Crippen molar-refractivity contribution in [3.05, 3.63) is 0 Å². The molecule has 0 aromatic rings. The van der Waals surface area contributed by atoms with E-state index in [1.54, 1.807) is 0 Å². The number of phosphoric ester groups is 1. The van der Waals surface area contributed by atoms with Gasteiger partial charge in [0.2, 0.25) is 0 Å². The number of unbranched alkanes of at least 4 members (excludes halogenated alkanes) is 32. The summed E-state index contributed by atoms with van der Waals surface area (Å²) in [4.78, 5) is 37.8. The summed E-state index contributed by atoms with van der Waals surface area (Å²) in [7, 11) is 1.11. The second-order valence-corrected chi connectivity index (χ2v) is 21.1. The third-order valence-corrected chi connectivity index (χ3v) is 12.8. The van der Waals surface area contributed by atoms with Crippen molar-refractivity contribution >= 4 is 19.8 Å². The summed E-state index contributed by atoms with van der Waals surface area (Å²) in [5.41, 5.74) is 0. The average molecular weight is 970 g/mol.